The Hall–Kier alpha value is -2.46. The van der Waals surface area contributed by atoms with Crippen LogP contribution in [0.5, 0.6) is 5.75 Å². The number of amides is 2. The molecule has 2 aromatic rings. The molecule has 9 heteroatoms. The number of hydrogen-bond donors (Lipinski definition) is 2. The Morgan fingerprint density at radius 1 is 1.19 bits per heavy atom. The van der Waals surface area contributed by atoms with Gasteiger partial charge in [-0.1, -0.05) is 18.2 Å². The van der Waals surface area contributed by atoms with E-state index >= 15 is 0 Å². The maximum Gasteiger partial charge on any atom is 0.487 e. The average Bonchev–Trinajstić information content (AvgIpc) is 3.37. The SMILES string of the molecule is COCC1=C2B(O)O[C@H](c3ccc(O)cc3)C[C@H]2[C@H]2C(=O)N(Cc3cccs3)C(=O)[C@H]2C1. The van der Waals surface area contributed by atoms with Gasteiger partial charge in [-0.3, -0.25) is 14.5 Å². The molecule has 0 radical (unpaired) electrons. The lowest BCUT2D eigenvalue weighted by Crippen LogP contribution is -2.45. The minimum absolute atomic E-state index is 0.145. The summed E-state index contributed by atoms with van der Waals surface area (Å²) in [6, 6.07) is 10.5. The predicted molar refractivity (Wildman–Crippen MR) is 118 cm³/mol. The number of ether oxygens (including phenoxy) is 1. The fourth-order valence-electron chi connectivity index (χ4n) is 5.40. The molecule has 2 fully saturated rings. The van der Waals surface area contributed by atoms with Crippen LogP contribution < -0.4 is 0 Å². The monoisotopic (exact) mass is 453 g/mol. The Morgan fingerprint density at radius 3 is 2.66 bits per heavy atom. The molecule has 0 unspecified atom stereocenters. The number of phenols is 1. The van der Waals surface area contributed by atoms with Gasteiger partial charge >= 0.3 is 7.12 Å². The van der Waals surface area contributed by atoms with Crippen molar-refractivity contribution in [2.45, 2.75) is 25.5 Å². The lowest BCUT2D eigenvalue weighted by atomic mass is 9.55. The Balaban J connectivity index is 1.50. The zero-order chi connectivity index (χ0) is 22.4. The molecule has 2 saturated heterocycles. The highest BCUT2D eigenvalue weighted by Crippen LogP contribution is 2.51. The molecule has 0 spiro atoms. The van der Waals surface area contributed by atoms with Gasteiger partial charge in [-0.15, -0.1) is 11.3 Å². The first-order valence-corrected chi connectivity index (χ1v) is 11.6. The van der Waals surface area contributed by atoms with Crippen LogP contribution in [0.1, 0.15) is 29.4 Å². The Bertz CT molecular complexity index is 1050. The molecule has 1 aromatic heterocycles. The highest BCUT2D eigenvalue weighted by molar-refractivity contribution is 7.09. The van der Waals surface area contributed by atoms with Gasteiger partial charge in [0.25, 0.3) is 0 Å². The standard InChI is InChI=1S/C23H24BNO6S/c1-30-12-14-9-18-20(23(28)25(22(18)27)11-16-3-2-8-32-16)17-10-19(31-24(29)21(14)17)13-4-6-15(26)7-5-13/h2-8,17-20,26,29H,9-12H2,1H3/t17-,18-,19-,20+/m0/s1. The van der Waals surface area contributed by atoms with Gasteiger partial charge in [0, 0.05) is 12.0 Å². The first-order chi connectivity index (χ1) is 15.5. The van der Waals surface area contributed by atoms with Crippen molar-refractivity contribution in [3.05, 3.63) is 63.3 Å². The Kier molecular flexibility index (Phi) is 5.67. The molecule has 2 aliphatic heterocycles. The summed E-state index contributed by atoms with van der Waals surface area (Å²) in [5.41, 5.74) is 2.33. The van der Waals surface area contributed by atoms with Crippen LogP contribution in [-0.4, -0.2) is 47.7 Å². The molecule has 0 saturated carbocycles. The second-order valence-electron chi connectivity index (χ2n) is 8.58. The summed E-state index contributed by atoms with van der Waals surface area (Å²) in [5, 5.41) is 22.5. The van der Waals surface area contributed by atoms with Crippen LogP contribution in [0.25, 0.3) is 0 Å². The first kappa shape index (κ1) is 21.4. The number of imide groups is 1. The molecule has 3 heterocycles. The number of methoxy groups -OCH3 is 1. The third-order valence-corrected chi connectivity index (χ3v) is 7.64. The largest absolute Gasteiger partial charge is 0.508 e. The zero-order valence-electron chi connectivity index (χ0n) is 17.6. The van der Waals surface area contributed by atoms with Gasteiger partial charge in [0.1, 0.15) is 5.75 Å². The van der Waals surface area contributed by atoms with Crippen molar-refractivity contribution in [3.8, 4) is 5.75 Å². The molecule has 32 heavy (non-hydrogen) atoms. The van der Waals surface area contributed by atoms with Crippen LogP contribution in [-0.2, 0) is 25.5 Å². The summed E-state index contributed by atoms with van der Waals surface area (Å²) in [7, 11) is 0.405. The van der Waals surface area contributed by atoms with E-state index in [1.807, 2.05) is 17.5 Å². The molecule has 1 aliphatic carbocycles. The molecule has 5 rings (SSSR count). The van der Waals surface area contributed by atoms with Gasteiger partial charge in [0.15, 0.2) is 0 Å². The number of rotatable bonds is 5. The van der Waals surface area contributed by atoms with Crippen molar-refractivity contribution in [2.24, 2.45) is 17.8 Å². The number of thiophene rings is 1. The van der Waals surface area contributed by atoms with E-state index in [4.69, 9.17) is 9.39 Å². The number of allylic oxidation sites excluding steroid dienone is 1. The van der Waals surface area contributed by atoms with Crippen molar-refractivity contribution >= 4 is 30.3 Å². The van der Waals surface area contributed by atoms with Crippen molar-refractivity contribution in [1.82, 2.24) is 4.90 Å². The number of phenolic OH excluding ortho intramolecular Hbond substituents is 1. The van der Waals surface area contributed by atoms with Crippen LogP contribution >= 0.6 is 11.3 Å². The maximum atomic E-state index is 13.5. The van der Waals surface area contributed by atoms with Gasteiger partial charge in [0.05, 0.1) is 31.1 Å². The summed E-state index contributed by atoms with van der Waals surface area (Å²) in [6.45, 7) is 0.566. The average molecular weight is 453 g/mol. The normalized spacial score (nSPS) is 27.7. The topological polar surface area (TPSA) is 96.3 Å². The molecule has 7 nitrogen and oxygen atoms in total. The fourth-order valence-corrected chi connectivity index (χ4v) is 6.09. The van der Waals surface area contributed by atoms with Crippen LogP contribution in [0.4, 0.5) is 0 Å². The summed E-state index contributed by atoms with van der Waals surface area (Å²) < 4.78 is 11.3. The van der Waals surface area contributed by atoms with Crippen LogP contribution in [0.3, 0.4) is 0 Å². The van der Waals surface area contributed by atoms with E-state index in [1.165, 1.54) is 16.2 Å². The Labute approximate surface area is 190 Å². The minimum Gasteiger partial charge on any atom is -0.508 e. The van der Waals surface area contributed by atoms with Gasteiger partial charge in [-0.2, -0.15) is 0 Å². The Morgan fingerprint density at radius 2 is 1.97 bits per heavy atom. The predicted octanol–water partition coefficient (Wildman–Crippen LogP) is 2.70. The molecule has 0 bridgehead atoms. The van der Waals surface area contributed by atoms with Gasteiger partial charge in [-0.25, -0.2) is 0 Å². The number of aromatic hydroxyl groups is 1. The lowest BCUT2D eigenvalue weighted by molar-refractivity contribution is -0.140. The van der Waals surface area contributed by atoms with Crippen molar-refractivity contribution in [3.63, 3.8) is 0 Å². The molecule has 3 aliphatic rings. The van der Waals surface area contributed by atoms with Crippen LogP contribution in [0.15, 0.2) is 52.8 Å². The smallest absolute Gasteiger partial charge is 0.487 e. The van der Waals surface area contributed by atoms with E-state index < -0.39 is 25.1 Å². The van der Waals surface area contributed by atoms with E-state index in [1.54, 1.807) is 31.4 Å². The number of benzene rings is 1. The van der Waals surface area contributed by atoms with Gasteiger partial charge in [0.2, 0.25) is 11.8 Å². The number of hydrogen-bond acceptors (Lipinski definition) is 7. The van der Waals surface area contributed by atoms with Crippen molar-refractivity contribution in [1.29, 1.82) is 0 Å². The summed E-state index contributed by atoms with van der Waals surface area (Å²) >= 11 is 1.52. The third kappa shape index (κ3) is 3.59. The van der Waals surface area contributed by atoms with Gasteiger partial charge in [-0.05, 0) is 58.9 Å². The number of carbonyl (C=O) groups is 2. The second kappa shape index (κ2) is 8.48. The molecule has 2 N–H and O–H groups in total. The number of fused-ring (bicyclic) bond motifs is 3. The fraction of sp³-hybridized carbons (Fsp3) is 0.391. The number of likely N-dealkylation sites (tertiary alicyclic amines) is 1. The molecule has 1 aromatic carbocycles. The number of carbonyl (C=O) groups excluding carboxylic acids is 2. The second-order valence-corrected chi connectivity index (χ2v) is 9.61. The maximum absolute atomic E-state index is 13.5. The van der Waals surface area contributed by atoms with Gasteiger partial charge < -0.3 is 19.5 Å². The molecule has 4 atom stereocenters. The lowest BCUT2D eigenvalue weighted by Gasteiger charge is -2.42. The van der Waals surface area contributed by atoms with E-state index in [0.717, 1.165) is 16.0 Å². The zero-order valence-corrected chi connectivity index (χ0v) is 18.5. The molecule has 166 valence electrons. The summed E-state index contributed by atoms with van der Waals surface area (Å²) in [5.74, 6) is -1.46. The summed E-state index contributed by atoms with van der Waals surface area (Å²) in [4.78, 5) is 29.1. The molecular formula is C23H24BNO6S. The van der Waals surface area contributed by atoms with E-state index in [2.05, 4.69) is 0 Å². The third-order valence-electron chi connectivity index (χ3n) is 6.78. The highest BCUT2D eigenvalue weighted by Gasteiger charge is 2.57. The van der Waals surface area contributed by atoms with Crippen LogP contribution in [0.2, 0.25) is 0 Å². The number of nitrogens with zero attached hydrogens (tertiary/aromatic N) is 1. The van der Waals surface area contributed by atoms with Crippen LogP contribution in [0, 0.1) is 17.8 Å². The highest BCUT2D eigenvalue weighted by atomic mass is 32.1. The first-order valence-electron chi connectivity index (χ1n) is 10.7. The molecule has 2 amide bonds. The quantitative estimate of drug-likeness (QED) is 0.534. The van der Waals surface area contributed by atoms with E-state index in [-0.39, 0.29) is 36.6 Å². The van der Waals surface area contributed by atoms with E-state index in [0.29, 0.717) is 18.3 Å². The van der Waals surface area contributed by atoms with E-state index in [9.17, 15) is 19.7 Å². The van der Waals surface area contributed by atoms with Crippen molar-refractivity contribution in [2.75, 3.05) is 13.7 Å². The van der Waals surface area contributed by atoms with Crippen molar-refractivity contribution < 1.29 is 29.1 Å². The summed E-state index contributed by atoms with van der Waals surface area (Å²) in [6.07, 6.45) is 0.411. The molecular weight excluding hydrogens is 429 g/mol. The minimum atomic E-state index is -1.17.